The normalized spacial score (nSPS) is 13.0. The molecule has 0 aliphatic rings. The Morgan fingerprint density at radius 1 is 1.18 bits per heavy atom. The lowest BCUT2D eigenvalue weighted by molar-refractivity contribution is 0.377. The van der Waals surface area contributed by atoms with E-state index in [1.54, 1.807) is 0 Å². The van der Waals surface area contributed by atoms with E-state index in [1.165, 1.54) is 30.4 Å². The fourth-order valence-corrected chi connectivity index (χ4v) is 2.34. The van der Waals surface area contributed by atoms with Gasteiger partial charge in [-0.3, -0.25) is 0 Å². The van der Waals surface area contributed by atoms with Gasteiger partial charge < -0.3 is 5.32 Å². The lowest BCUT2D eigenvalue weighted by atomic mass is 9.95. The average Bonchev–Trinajstić information content (AvgIpc) is 2.30. The highest BCUT2D eigenvalue weighted by atomic mass is 14.9. The van der Waals surface area contributed by atoms with E-state index in [1.807, 2.05) is 0 Å². The third kappa shape index (κ3) is 4.91. The number of aryl methyl sites for hydroxylation is 2. The first-order valence-corrected chi connectivity index (χ1v) is 6.93. The molecule has 17 heavy (non-hydrogen) atoms. The number of benzene rings is 1. The van der Waals surface area contributed by atoms with E-state index < -0.39 is 0 Å². The number of hydrogen-bond acceptors (Lipinski definition) is 1. The maximum atomic E-state index is 3.58. The van der Waals surface area contributed by atoms with Crippen molar-refractivity contribution in [3.05, 3.63) is 35.4 Å². The highest BCUT2D eigenvalue weighted by Gasteiger charge is 2.11. The minimum atomic E-state index is 0.670. The number of hydrogen-bond donors (Lipinski definition) is 1. The van der Waals surface area contributed by atoms with Crippen LogP contribution in [0.2, 0.25) is 0 Å². The first-order valence-electron chi connectivity index (χ1n) is 6.93. The first kappa shape index (κ1) is 14.2. The molecule has 0 bridgehead atoms. The quantitative estimate of drug-likeness (QED) is 0.752. The topological polar surface area (TPSA) is 12.0 Å². The summed E-state index contributed by atoms with van der Waals surface area (Å²) in [6.07, 6.45) is 3.77. The number of rotatable bonds is 7. The van der Waals surface area contributed by atoms with Gasteiger partial charge in [0.1, 0.15) is 0 Å². The molecule has 1 N–H and O–H groups in total. The molecule has 0 saturated carbocycles. The van der Waals surface area contributed by atoms with Crippen LogP contribution in [0.5, 0.6) is 0 Å². The fourth-order valence-electron chi connectivity index (χ4n) is 2.34. The monoisotopic (exact) mass is 233 g/mol. The summed E-state index contributed by atoms with van der Waals surface area (Å²) < 4.78 is 0. The predicted molar refractivity (Wildman–Crippen MR) is 76.4 cm³/mol. The van der Waals surface area contributed by atoms with E-state index in [2.05, 4.69) is 57.3 Å². The highest BCUT2D eigenvalue weighted by Crippen LogP contribution is 2.14. The van der Waals surface area contributed by atoms with Crippen LogP contribution in [0.3, 0.4) is 0 Å². The summed E-state index contributed by atoms with van der Waals surface area (Å²) in [6.45, 7) is 10.1. The summed E-state index contributed by atoms with van der Waals surface area (Å²) in [5, 5.41) is 3.58. The van der Waals surface area contributed by atoms with Crippen LogP contribution in [0, 0.1) is 12.8 Å². The summed E-state index contributed by atoms with van der Waals surface area (Å²) in [7, 11) is 0. The fraction of sp³-hybridized carbons (Fsp3) is 0.625. The summed E-state index contributed by atoms with van der Waals surface area (Å²) >= 11 is 0. The van der Waals surface area contributed by atoms with Gasteiger partial charge in [0.25, 0.3) is 0 Å². The van der Waals surface area contributed by atoms with Gasteiger partial charge in [-0.2, -0.15) is 0 Å². The van der Waals surface area contributed by atoms with E-state index in [4.69, 9.17) is 0 Å². The van der Waals surface area contributed by atoms with E-state index in [9.17, 15) is 0 Å². The van der Waals surface area contributed by atoms with Gasteiger partial charge in [-0.1, -0.05) is 45.0 Å². The molecule has 0 aromatic heterocycles. The van der Waals surface area contributed by atoms with Crippen LogP contribution in [0.25, 0.3) is 0 Å². The molecule has 0 heterocycles. The van der Waals surface area contributed by atoms with E-state index >= 15 is 0 Å². The zero-order chi connectivity index (χ0) is 12.7. The van der Waals surface area contributed by atoms with Crippen molar-refractivity contribution in [1.29, 1.82) is 0 Å². The molecule has 1 nitrogen and oxygen atoms in total. The lowest BCUT2D eigenvalue weighted by Gasteiger charge is -2.21. The molecular formula is C16H27N. The van der Waals surface area contributed by atoms with Gasteiger partial charge in [-0.25, -0.2) is 0 Å². The van der Waals surface area contributed by atoms with Gasteiger partial charge in [0, 0.05) is 6.04 Å². The van der Waals surface area contributed by atoms with Gasteiger partial charge >= 0.3 is 0 Å². The molecular weight excluding hydrogens is 206 g/mol. The number of nitrogens with one attached hydrogen (secondary N) is 1. The minimum absolute atomic E-state index is 0.670. The third-order valence-electron chi connectivity index (χ3n) is 3.49. The van der Waals surface area contributed by atoms with E-state index in [-0.39, 0.29) is 0 Å². The second-order valence-corrected chi connectivity index (χ2v) is 5.23. The first-order chi connectivity index (χ1) is 8.15. The van der Waals surface area contributed by atoms with Gasteiger partial charge in [-0.15, -0.1) is 0 Å². The standard InChI is InChI=1S/C16H27N/c1-5-17-16(13(2)3)12-8-11-15-10-7-6-9-14(15)4/h6-7,9-10,13,16-17H,5,8,11-12H2,1-4H3. The van der Waals surface area contributed by atoms with Crippen LogP contribution in [0.15, 0.2) is 24.3 Å². The molecule has 0 radical (unpaired) electrons. The summed E-state index contributed by atoms with van der Waals surface area (Å²) in [6, 6.07) is 9.40. The highest BCUT2D eigenvalue weighted by molar-refractivity contribution is 5.25. The van der Waals surface area contributed by atoms with Crippen LogP contribution < -0.4 is 5.32 Å². The van der Waals surface area contributed by atoms with Gasteiger partial charge in [0.15, 0.2) is 0 Å². The van der Waals surface area contributed by atoms with E-state index in [0.29, 0.717) is 6.04 Å². The molecule has 1 rings (SSSR count). The summed E-state index contributed by atoms with van der Waals surface area (Å²) in [4.78, 5) is 0. The molecule has 0 aliphatic carbocycles. The molecule has 0 spiro atoms. The van der Waals surface area contributed by atoms with Crippen molar-refractivity contribution in [3.63, 3.8) is 0 Å². The maximum absolute atomic E-state index is 3.58. The van der Waals surface area contributed by atoms with Crippen LogP contribution in [-0.4, -0.2) is 12.6 Å². The Balaban J connectivity index is 2.38. The molecule has 1 aromatic rings. The van der Waals surface area contributed by atoms with Crippen molar-refractivity contribution >= 4 is 0 Å². The predicted octanol–water partition coefficient (Wildman–Crippen LogP) is 3.95. The SMILES string of the molecule is CCNC(CCCc1ccccc1C)C(C)C. The van der Waals surface area contributed by atoms with Crippen molar-refractivity contribution in [2.24, 2.45) is 5.92 Å². The Kier molecular flexibility index (Phi) is 6.28. The van der Waals surface area contributed by atoms with Gasteiger partial charge in [0.05, 0.1) is 0 Å². The van der Waals surface area contributed by atoms with Crippen molar-refractivity contribution < 1.29 is 0 Å². The molecule has 1 atom stereocenters. The molecule has 0 saturated heterocycles. The Labute approximate surface area is 107 Å². The summed E-state index contributed by atoms with van der Waals surface area (Å²) in [5.74, 6) is 0.729. The molecule has 96 valence electrons. The van der Waals surface area contributed by atoms with Crippen molar-refractivity contribution in [2.75, 3.05) is 6.54 Å². The molecule has 1 heteroatoms. The minimum Gasteiger partial charge on any atom is -0.314 e. The maximum Gasteiger partial charge on any atom is 0.00900 e. The Bertz CT molecular complexity index is 317. The largest absolute Gasteiger partial charge is 0.314 e. The molecule has 1 aromatic carbocycles. The summed E-state index contributed by atoms with van der Waals surface area (Å²) in [5.41, 5.74) is 2.93. The second kappa shape index (κ2) is 7.50. The molecule has 0 fully saturated rings. The smallest absolute Gasteiger partial charge is 0.00900 e. The Hall–Kier alpha value is -0.820. The zero-order valence-electron chi connectivity index (χ0n) is 11.8. The Morgan fingerprint density at radius 2 is 1.88 bits per heavy atom. The molecule has 0 amide bonds. The average molecular weight is 233 g/mol. The Morgan fingerprint density at radius 3 is 2.47 bits per heavy atom. The van der Waals surface area contributed by atoms with Crippen molar-refractivity contribution in [2.45, 2.75) is 53.0 Å². The zero-order valence-corrected chi connectivity index (χ0v) is 11.8. The van der Waals surface area contributed by atoms with Crippen molar-refractivity contribution in [3.8, 4) is 0 Å². The lowest BCUT2D eigenvalue weighted by Crippen LogP contribution is -2.33. The molecule has 0 aliphatic heterocycles. The van der Waals surface area contributed by atoms with Crippen LogP contribution in [0.1, 0.15) is 44.7 Å². The van der Waals surface area contributed by atoms with Gasteiger partial charge in [-0.05, 0) is 49.8 Å². The van der Waals surface area contributed by atoms with Gasteiger partial charge in [0.2, 0.25) is 0 Å². The van der Waals surface area contributed by atoms with E-state index in [0.717, 1.165) is 12.5 Å². The molecule has 1 unspecified atom stereocenters. The van der Waals surface area contributed by atoms with Crippen LogP contribution >= 0.6 is 0 Å². The second-order valence-electron chi connectivity index (χ2n) is 5.23. The van der Waals surface area contributed by atoms with Crippen molar-refractivity contribution in [1.82, 2.24) is 5.32 Å². The van der Waals surface area contributed by atoms with Crippen LogP contribution in [0.4, 0.5) is 0 Å². The third-order valence-corrected chi connectivity index (χ3v) is 3.49. The van der Waals surface area contributed by atoms with Crippen LogP contribution in [-0.2, 0) is 6.42 Å².